The van der Waals surface area contributed by atoms with E-state index < -0.39 is 0 Å². The second kappa shape index (κ2) is 6.46. The van der Waals surface area contributed by atoms with E-state index in [4.69, 9.17) is 4.74 Å². The Bertz CT molecular complexity index is 861. The van der Waals surface area contributed by atoms with Crippen LogP contribution in [-0.4, -0.2) is 51.8 Å². The Morgan fingerprint density at radius 3 is 2.65 bits per heavy atom. The number of urea groups is 1. The minimum absolute atomic E-state index is 0.0294. The number of H-pyrrole nitrogens is 1. The van der Waals surface area contributed by atoms with Crippen molar-refractivity contribution in [3.8, 4) is 0 Å². The number of piperidine rings is 1. The van der Waals surface area contributed by atoms with Gasteiger partial charge in [-0.25, -0.2) is 9.59 Å². The first-order chi connectivity index (χ1) is 12.5. The number of amides is 2. The highest BCUT2D eigenvalue weighted by Gasteiger charge is 2.38. The summed E-state index contributed by atoms with van der Waals surface area (Å²) in [5.74, 6) is 0. The molecule has 2 N–H and O–H groups in total. The Morgan fingerprint density at radius 1 is 1.23 bits per heavy atom. The van der Waals surface area contributed by atoms with Crippen LogP contribution in [0, 0.1) is 0 Å². The zero-order valence-electron chi connectivity index (χ0n) is 15.3. The lowest BCUT2D eigenvalue weighted by atomic mass is 9.99. The highest BCUT2D eigenvalue weighted by atomic mass is 16.5. The lowest BCUT2D eigenvalue weighted by molar-refractivity contribution is 0.0223. The SMILES string of the molecule is CC1(C)OCCC1NC(=O)N1CCC(n2c(=O)[nH]c3ccccc32)CC1. The molecule has 2 saturated heterocycles. The van der Waals surface area contributed by atoms with Crippen LogP contribution in [0.15, 0.2) is 29.1 Å². The highest BCUT2D eigenvalue weighted by Crippen LogP contribution is 2.27. The fourth-order valence-corrected chi connectivity index (χ4v) is 4.14. The minimum Gasteiger partial charge on any atom is -0.373 e. The third kappa shape index (κ3) is 3.00. The van der Waals surface area contributed by atoms with E-state index in [0.29, 0.717) is 19.7 Å². The lowest BCUT2D eigenvalue weighted by Gasteiger charge is -2.35. The van der Waals surface area contributed by atoms with Gasteiger partial charge >= 0.3 is 11.7 Å². The molecule has 1 aromatic heterocycles. The molecule has 0 aliphatic carbocycles. The predicted octanol–water partition coefficient (Wildman–Crippen LogP) is 2.24. The highest BCUT2D eigenvalue weighted by molar-refractivity contribution is 5.76. The summed E-state index contributed by atoms with van der Waals surface area (Å²) in [4.78, 5) is 29.7. The fourth-order valence-electron chi connectivity index (χ4n) is 4.14. The number of carbonyl (C=O) groups excluding carboxylic acids is 1. The third-order valence-electron chi connectivity index (χ3n) is 5.76. The fraction of sp³-hybridized carbons (Fsp3) is 0.579. The molecule has 2 aromatic rings. The number of rotatable bonds is 2. The van der Waals surface area contributed by atoms with E-state index in [1.807, 2.05) is 47.6 Å². The van der Waals surface area contributed by atoms with Crippen LogP contribution in [-0.2, 0) is 4.74 Å². The molecule has 1 unspecified atom stereocenters. The zero-order valence-corrected chi connectivity index (χ0v) is 15.3. The number of imidazole rings is 1. The van der Waals surface area contributed by atoms with E-state index in [2.05, 4.69) is 10.3 Å². The Hall–Kier alpha value is -2.28. The number of likely N-dealkylation sites (tertiary alicyclic amines) is 1. The van der Waals surface area contributed by atoms with Crippen molar-refractivity contribution in [3.63, 3.8) is 0 Å². The van der Waals surface area contributed by atoms with Gasteiger partial charge in [-0.15, -0.1) is 0 Å². The Morgan fingerprint density at radius 2 is 1.96 bits per heavy atom. The van der Waals surface area contributed by atoms with Crippen molar-refractivity contribution >= 4 is 17.1 Å². The van der Waals surface area contributed by atoms with Gasteiger partial charge in [0.2, 0.25) is 0 Å². The molecule has 2 amide bonds. The number of aromatic amines is 1. The van der Waals surface area contributed by atoms with E-state index in [0.717, 1.165) is 30.3 Å². The van der Waals surface area contributed by atoms with Crippen molar-refractivity contribution in [1.82, 2.24) is 19.8 Å². The van der Waals surface area contributed by atoms with Gasteiger partial charge in [-0.2, -0.15) is 0 Å². The summed E-state index contributed by atoms with van der Waals surface area (Å²) in [6.45, 7) is 6.01. The lowest BCUT2D eigenvalue weighted by Crippen LogP contribution is -2.52. The Labute approximate surface area is 152 Å². The smallest absolute Gasteiger partial charge is 0.326 e. The summed E-state index contributed by atoms with van der Waals surface area (Å²) in [5.41, 5.74) is 1.41. The van der Waals surface area contributed by atoms with Crippen LogP contribution in [0.3, 0.4) is 0 Å². The standard InChI is InChI=1S/C19H26N4O3/c1-19(2)16(9-12-26-19)21-17(24)22-10-7-13(8-11-22)23-15-6-4-3-5-14(15)20-18(23)25/h3-6,13,16H,7-12H2,1-2H3,(H,20,25)(H,21,24). The summed E-state index contributed by atoms with van der Waals surface area (Å²) in [7, 11) is 0. The molecule has 0 saturated carbocycles. The molecule has 7 heteroatoms. The summed E-state index contributed by atoms with van der Waals surface area (Å²) < 4.78 is 7.53. The molecule has 0 bridgehead atoms. The van der Waals surface area contributed by atoms with Crippen molar-refractivity contribution in [2.75, 3.05) is 19.7 Å². The molecule has 7 nitrogen and oxygen atoms in total. The third-order valence-corrected chi connectivity index (χ3v) is 5.76. The summed E-state index contributed by atoms with van der Waals surface area (Å²) in [5, 5.41) is 3.12. The number of aromatic nitrogens is 2. The van der Waals surface area contributed by atoms with Crippen LogP contribution in [0.2, 0.25) is 0 Å². The van der Waals surface area contributed by atoms with Gasteiger partial charge in [-0.1, -0.05) is 12.1 Å². The number of fused-ring (bicyclic) bond motifs is 1. The number of nitrogens with one attached hydrogen (secondary N) is 2. The number of ether oxygens (including phenoxy) is 1. The first-order valence-electron chi connectivity index (χ1n) is 9.34. The summed E-state index contributed by atoms with van der Waals surface area (Å²) >= 11 is 0. The monoisotopic (exact) mass is 358 g/mol. The van der Waals surface area contributed by atoms with Crippen LogP contribution in [0.1, 0.15) is 39.2 Å². The average molecular weight is 358 g/mol. The second-order valence-electron chi connectivity index (χ2n) is 7.78. The van der Waals surface area contributed by atoms with Gasteiger partial charge in [0.1, 0.15) is 0 Å². The first-order valence-corrected chi connectivity index (χ1v) is 9.34. The molecule has 26 heavy (non-hydrogen) atoms. The van der Waals surface area contributed by atoms with Crippen LogP contribution in [0.5, 0.6) is 0 Å². The van der Waals surface area contributed by atoms with Crippen molar-refractivity contribution in [1.29, 1.82) is 0 Å². The second-order valence-corrected chi connectivity index (χ2v) is 7.78. The van der Waals surface area contributed by atoms with Crippen molar-refractivity contribution < 1.29 is 9.53 Å². The molecule has 140 valence electrons. The van der Waals surface area contributed by atoms with Crippen molar-refractivity contribution in [2.24, 2.45) is 0 Å². The maximum Gasteiger partial charge on any atom is 0.326 e. The van der Waals surface area contributed by atoms with Crippen LogP contribution in [0.25, 0.3) is 11.0 Å². The Balaban J connectivity index is 1.42. The van der Waals surface area contributed by atoms with Gasteiger partial charge < -0.3 is 19.9 Å². The van der Waals surface area contributed by atoms with E-state index >= 15 is 0 Å². The zero-order chi connectivity index (χ0) is 18.3. The van der Waals surface area contributed by atoms with Crippen molar-refractivity contribution in [3.05, 3.63) is 34.7 Å². The summed E-state index contributed by atoms with van der Waals surface area (Å²) in [6.07, 6.45) is 2.40. The number of para-hydroxylation sites is 2. The molecule has 1 aromatic carbocycles. The number of benzene rings is 1. The Kier molecular flexibility index (Phi) is 4.26. The average Bonchev–Trinajstić information content (AvgIpc) is 3.13. The number of hydrogen-bond donors (Lipinski definition) is 2. The molecule has 3 heterocycles. The number of hydrogen-bond acceptors (Lipinski definition) is 3. The molecule has 2 fully saturated rings. The van der Waals surface area contributed by atoms with Gasteiger partial charge in [-0.3, -0.25) is 4.57 Å². The minimum atomic E-state index is -0.314. The largest absolute Gasteiger partial charge is 0.373 e. The van der Waals surface area contributed by atoms with Crippen molar-refractivity contribution in [2.45, 2.75) is 50.8 Å². The molecule has 2 aliphatic heterocycles. The molecular weight excluding hydrogens is 332 g/mol. The number of nitrogens with zero attached hydrogens (tertiary/aromatic N) is 2. The summed E-state index contributed by atoms with van der Waals surface area (Å²) in [6, 6.07) is 7.89. The maximum atomic E-state index is 12.6. The van der Waals surface area contributed by atoms with Crippen LogP contribution >= 0.6 is 0 Å². The van der Waals surface area contributed by atoms with Gasteiger partial charge in [-0.05, 0) is 45.2 Å². The van der Waals surface area contributed by atoms with Gasteiger partial charge in [0.25, 0.3) is 0 Å². The van der Waals surface area contributed by atoms with Gasteiger partial charge in [0.15, 0.2) is 0 Å². The van der Waals surface area contributed by atoms with E-state index in [1.54, 1.807) is 0 Å². The van der Waals surface area contributed by atoms with Crippen LogP contribution in [0.4, 0.5) is 4.79 Å². The van der Waals surface area contributed by atoms with E-state index in [9.17, 15) is 9.59 Å². The molecule has 0 spiro atoms. The van der Waals surface area contributed by atoms with Gasteiger partial charge in [0.05, 0.1) is 22.7 Å². The molecule has 1 atom stereocenters. The van der Waals surface area contributed by atoms with E-state index in [-0.39, 0.29) is 29.4 Å². The van der Waals surface area contributed by atoms with Crippen LogP contribution < -0.4 is 11.0 Å². The molecule has 4 rings (SSSR count). The normalized spacial score (nSPS) is 23.5. The maximum absolute atomic E-state index is 12.6. The van der Waals surface area contributed by atoms with E-state index in [1.165, 1.54) is 0 Å². The topological polar surface area (TPSA) is 79.4 Å². The van der Waals surface area contributed by atoms with Gasteiger partial charge in [0, 0.05) is 25.7 Å². The molecular formula is C19H26N4O3. The quantitative estimate of drug-likeness (QED) is 0.864. The molecule has 2 aliphatic rings. The first kappa shape index (κ1) is 17.1. The number of carbonyl (C=O) groups is 1. The predicted molar refractivity (Wildman–Crippen MR) is 99.4 cm³/mol. The molecule has 0 radical (unpaired) electrons.